The number of alkyl halides is 5. The van der Waals surface area contributed by atoms with E-state index in [-0.39, 0.29) is 15.7 Å². The van der Waals surface area contributed by atoms with Gasteiger partial charge in [0.15, 0.2) is 5.69 Å². The van der Waals surface area contributed by atoms with Crippen LogP contribution in [-0.2, 0) is 22.1 Å². The second-order valence-electron chi connectivity index (χ2n) is 3.64. The third-order valence-corrected chi connectivity index (χ3v) is 3.03. The molecule has 0 fully saturated rings. The first-order chi connectivity index (χ1) is 9.16. The molecule has 0 N–H and O–H groups in total. The molecule has 1 heterocycles. The summed E-state index contributed by atoms with van der Waals surface area (Å²) in [5, 5.41) is 0. The molecule has 0 bridgehead atoms. The Balaban J connectivity index is 3.25. The molecule has 1 aromatic rings. The van der Waals surface area contributed by atoms with Crippen LogP contribution in [0.1, 0.15) is 30.3 Å². The normalized spacial score (nSPS) is 11.8. The maximum atomic E-state index is 12.8. The second kappa shape index (κ2) is 6.64. The zero-order valence-corrected chi connectivity index (χ0v) is 12.3. The molecule has 1 aromatic heterocycles. The van der Waals surface area contributed by atoms with Gasteiger partial charge in [0.05, 0.1) is 13.0 Å². The summed E-state index contributed by atoms with van der Waals surface area (Å²) < 4.78 is 67.6. The summed E-state index contributed by atoms with van der Waals surface area (Å²) in [5.41, 5.74) is -2.71. The van der Waals surface area contributed by atoms with Gasteiger partial charge in [-0.15, -0.1) is 0 Å². The first-order valence-electron chi connectivity index (χ1n) is 5.37. The standard InChI is InChI=1S/C11H9F5INO2/c1-2-20-7(19)4-5-3-6(17)9(11(14,15)16)18-8(5)10(12)13/h3,10H,2,4H2,1H3. The molecule has 20 heavy (non-hydrogen) atoms. The Kier molecular flexibility index (Phi) is 5.66. The number of esters is 1. The number of halogens is 6. The molecular weight excluding hydrogens is 400 g/mol. The van der Waals surface area contributed by atoms with E-state index in [0.717, 1.165) is 6.07 Å². The monoisotopic (exact) mass is 409 g/mol. The van der Waals surface area contributed by atoms with E-state index in [1.807, 2.05) is 0 Å². The molecule has 0 atom stereocenters. The minimum Gasteiger partial charge on any atom is -0.466 e. The van der Waals surface area contributed by atoms with Crippen LogP contribution in [0.2, 0.25) is 0 Å². The molecule has 0 spiro atoms. The maximum Gasteiger partial charge on any atom is 0.434 e. The van der Waals surface area contributed by atoms with Crippen LogP contribution in [0.3, 0.4) is 0 Å². The first kappa shape index (κ1) is 17.1. The van der Waals surface area contributed by atoms with E-state index in [9.17, 15) is 26.7 Å². The third kappa shape index (κ3) is 4.25. The molecule has 0 unspecified atom stereocenters. The van der Waals surface area contributed by atoms with E-state index >= 15 is 0 Å². The molecule has 0 saturated carbocycles. The van der Waals surface area contributed by atoms with E-state index in [2.05, 4.69) is 9.72 Å². The second-order valence-corrected chi connectivity index (χ2v) is 4.81. The molecule has 112 valence electrons. The molecule has 0 aliphatic carbocycles. The van der Waals surface area contributed by atoms with Gasteiger partial charge in [0.1, 0.15) is 5.69 Å². The summed E-state index contributed by atoms with van der Waals surface area (Å²) in [5.74, 6) is -0.799. The van der Waals surface area contributed by atoms with Crippen molar-refractivity contribution in [3.63, 3.8) is 0 Å². The van der Waals surface area contributed by atoms with Crippen molar-refractivity contribution in [3.8, 4) is 0 Å². The highest BCUT2D eigenvalue weighted by Gasteiger charge is 2.37. The van der Waals surface area contributed by atoms with Gasteiger partial charge >= 0.3 is 12.1 Å². The molecular formula is C11H9F5INO2. The van der Waals surface area contributed by atoms with Gasteiger partial charge in [-0.3, -0.25) is 4.79 Å². The molecule has 0 saturated heterocycles. The van der Waals surface area contributed by atoms with Gasteiger partial charge < -0.3 is 4.74 Å². The quantitative estimate of drug-likeness (QED) is 0.432. The van der Waals surface area contributed by atoms with Crippen LogP contribution in [0, 0.1) is 3.57 Å². The predicted octanol–water partition coefficient (Wildman–Crippen LogP) is 3.75. The van der Waals surface area contributed by atoms with E-state index in [1.54, 1.807) is 0 Å². The summed E-state index contributed by atoms with van der Waals surface area (Å²) in [6.45, 7) is 1.58. The van der Waals surface area contributed by atoms with Gasteiger partial charge in [0, 0.05) is 3.57 Å². The van der Waals surface area contributed by atoms with E-state index in [4.69, 9.17) is 0 Å². The van der Waals surface area contributed by atoms with Crippen molar-refractivity contribution >= 4 is 28.6 Å². The Morgan fingerprint density at radius 2 is 2.05 bits per heavy atom. The van der Waals surface area contributed by atoms with Crippen molar-refractivity contribution in [2.75, 3.05) is 6.61 Å². The van der Waals surface area contributed by atoms with Crippen LogP contribution < -0.4 is 0 Å². The number of carbonyl (C=O) groups is 1. The number of carbonyl (C=O) groups excluding carboxylic acids is 1. The SMILES string of the molecule is CCOC(=O)Cc1cc(I)c(C(F)(F)F)nc1C(F)F. The Bertz CT molecular complexity index is 504. The van der Waals surface area contributed by atoms with Crippen LogP contribution in [0.5, 0.6) is 0 Å². The maximum absolute atomic E-state index is 12.8. The summed E-state index contributed by atoms with van der Waals surface area (Å²) >= 11 is 1.34. The van der Waals surface area contributed by atoms with Gasteiger partial charge in [-0.25, -0.2) is 13.8 Å². The van der Waals surface area contributed by atoms with Crippen molar-refractivity contribution in [2.24, 2.45) is 0 Å². The van der Waals surface area contributed by atoms with Crippen LogP contribution in [0.4, 0.5) is 22.0 Å². The Morgan fingerprint density at radius 3 is 2.50 bits per heavy atom. The number of ether oxygens (including phenoxy) is 1. The van der Waals surface area contributed by atoms with E-state index in [0.29, 0.717) is 0 Å². The molecule has 0 aliphatic rings. The van der Waals surface area contributed by atoms with Crippen LogP contribution in [0.15, 0.2) is 6.07 Å². The summed E-state index contributed by atoms with van der Waals surface area (Å²) in [6.07, 6.45) is -8.59. The van der Waals surface area contributed by atoms with Crippen LogP contribution in [0.25, 0.3) is 0 Å². The minimum absolute atomic E-state index is 0.0496. The van der Waals surface area contributed by atoms with Crippen molar-refractivity contribution in [1.82, 2.24) is 4.98 Å². The number of aromatic nitrogens is 1. The molecule has 9 heteroatoms. The topological polar surface area (TPSA) is 39.2 Å². The summed E-state index contributed by atoms with van der Waals surface area (Å²) in [7, 11) is 0. The molecule has 0 aliphatic heterocycles. The summed E-state index contributed by atoms with van der Waals surface area (Å²) in [6, 6.07) is 0.884. The zero-order valence-electron chi connectivity index (χ0n) is 10.1. The van der Waals surface area contributed by atoms with E-state index < -0.39 is 36.4 Å². The lowest BCUT2D eigenvalue weighted by atomic mass is 10.1. The highest BCUT2D eigenvalue weighted by molar-refractivity contribution is 14.1. The lowest BCUT2D eigenvalue weighted by Crippen LogP contribution is -2.16. The molecule has 0 radical (unpaired) electrons. The molecule has 0 amide bonds. The fourth-order valence-corrected chi connectivity index (χ4v) is 2.24. The van der Waals surface area contributed by atoms with Crippen molar-refractivity contribution in [3.05, 3.63) is 26.6 Å². The Hall–Kier alpha value is -1.00. The van der Waals surface area contributed by atoms with Crippen molar-refractivity contribution < 1.29 is 31.5 Å². The number of nitrogens with zero attached hydrogens (tertiary/aromatic N) is 1. The Labute approximate surface area is 124 Å². The molecule has 0 aromatic carbocycles. The lowest BCUT2D eigenvalue weighted by molar-refractivity contribution is -0.142. The van der Waals surface area contributed by atoms with E-state index in [1.165, 1.54) is 29.5 Å². The number of hydrogen-bond donors (Lipinski definition) is 0. The Morgan fingerprint density at radius 1 is 1.45 bits per heavy atom. The number of hydrogen-bond acceptors (Lipinski definition) is 3. The largest absolute Gasteiger partial charge is 0.466 e. The van der Waals surface area contributed by atoms with Crippen LogP contribution in [-0.4, -0.2) is 17.6 Å². The number of pyridine rings is 1. The van der Waals surface area contributed by atoms with Crippen molar-refractivity contribution in [2.45, 2.75) is 25.9 Å². The van der Waals surface area contributed by atoms with Crippen LogP contribution >= 0.6 is 22.6 Å². The third-order valence-electron chi connectivity index (χ3n) is 2.20. The molecule has 1 rings (SSSR count). The first-order valence-corrected chi connectivity index (χ1v) is 6.45. The van der Waals surface area contributed by atoms with Gasteiger partial charge in [-0.05, 0) is 41.1 Å². The van der Waals surface area contributed by atoms with Gasteiger partial charge in [0.25, 0.3) is 6.43 Å². The van der Waals surface area contributed by atoms with Gasteiger partial charge in [-0.1, -0.05) is 0 Å². The smallest absolute Gasteiger partial charge is 0.434 e. The highest BCUT2D eigenvalue weighted by Crippen LogP contribution is 2.34. The highest BCUT2D eigenvalue weighted by atomic mass is 127. The fraction of sp³-hybridized carbons (Fsp3) is 0.455. The number of rotatable bonds is 4. The van der Waals surface area contributed by atoms with Crippen molar-refractivity contribution in [1.29, 1.82) is 0 Å². The van der Waals surface area contributed by atoms with Gasteiger partial charge in [0.2, 0.25) is 0 Å². The summed E-state index contributed by atoms with van der Waals surface area (Å²) in [4.78, 5) is 14.2. The fourth-order valence-electron chi connectivity index (χ4n) is 1.44. The predicted molar refractivity (Wildman–Crippen MR) is 67.2 cm³/mol. The molecule has 3 nitrogen and oxygen atoms in total. The minimum atomic E-state index is -4.83. The average molecular weight is 409 g/mol. The average Bonchev–Trinajstić information content (AvgIpc) is 2.26. The lowest BCUT2D eigenvalue weighted by Gasteiger charge is -2.13. The van der Waals surface area contributed by atoms with Gasteiger partial charge in [-0.2, -0.15) is 13.2 Å². The zero-order chi connectivity index (χ0) is 15.5.